The lowest BCUT2D eigenvalue weighted by Gasteiger charge is -2.15. The van der Waals surface area contributed by atoms with Crippen molar-refractivity contribution in [2.45, 2.75) is 19.5 Å². The van der Waals surface area contributed by atoms with Gasteiger partial charge in [-0.2, -0.15) is 13.2 Å². The summed E-state index contributed by atoms with van der Waals surface area (Å²) in [6.07, 6.45) is -2.49. The van der Waals surface area contributed by atoms with Gasteiger partial charge >= 0.3 is 6.18 Å². The van der Waals surface area contributed by atoms with E-state index in [0.29, 0.717) is 16.8 Å². The Morgan fingerprint density at radius 2 is 1.79 bits per heavy atom. The summed E-state index contributed by atoms with van der Waals surface area (Å²) in [7, 11) is 0. The number of carbonyl (C=O) groups is 2. The van der Waals surface area contributed by atoms with E-state index in [1.807, 2.05) is 6.92 Å². The van der Waals surface area contributed by atoms with Crippen LogP contribution in [0, 0.1) is 6.92 Å². The summed E-state index contributed by atoms with van der Waals surface area (Å²) in [6.45, 7) is 1.81. The predicted molar refractivity (Wildman–Crippen MR) is 80.9 cm³/mol. The average molecular weight is 331 g/mol. The van der Waals surface area contributed by atoms with Crippen LogP contribution < -0.4 is 0 Å². The highest BCUT2D eigenvalue weighted by molar-refractivity contribution is 6.24. The number of hydrogen-bond acceptors (Lipinski definition) is 3. The molecule has 0 unspecified atom stereocenters. The Hall–Kier alpha value is -2.76. The number of Topliss-reactive ketones (excluding diaryl/α,β-unsaturated/α-hetero) is 1. The first-order valence-electron chi connectivity index (χ1n) is 7.18. The molecule has 1 aromatic heterocycles. The summed E-state index contributed by atoms with van der Waals surface area (Å²) in [6, 6.07) is 7.13. The van der Waals surface area contributed by atoms with Gasteiger partial charge in [0.05, 0.1) is 5.56 Å². The molecule has 0 N–H and O–H groups in total. The van der Waals surface area contributed by atoms with Crippen molar-refractivity contribution in [3.63, 3.8) is 0 Å². The summed E-state index contributed by atoms with van der Waals surface area (Å²) >= 11 is 0. The van der Waals surface area contributed by atoms with Crippen molar-refractivity contribution in [3.8, 4) is 0 Å². The van der Waals surface area contributed by atoms with E-state index < -0.39 is 11.7 Å². The number of carbonyl (C=O) groups excluding carboxylic acids is 2. The zero-order chi connectivity index (χ0) is 17.5. The highest BCUT2D eigenvalue weighted by Crippen LogP contribution is 2.29. The fourth-order valence-corrected chi connectivity index (χ4v) is 2.56. The van der Waals surface area contributed by atoms with Crippen LogP contribution in [0.25, 0.3) is 0 Å². The molecule has 0 saturated carbocycles. The number of fused-ring (bicyclic) bond motifs is 1. The van der Waals surface area contributed by atoms with Crippen molar-refractivity contribution < 1.29 is 22.8 Å². The van der Waals surface area contributed by atoms with E-state index in [1.165, 1.54) is 12.1 Å². The van der Waals surface area contributed by atoms with Gasteiger partial charge < -0.3 is 0 Å². The molecule has 1 aliphatic rings. The van der Waals surface area contributed by atoms with Crippen molar-refractivity contribution in [1.29, 1.82) is 0 Å². The number of rotatable bonds is 2. The number of hydrogen-bond donors (Lipinski definition) is 0. The fraction of sp³-hybridized carbons (Fsp3) is 0.167. The molecule has 24 heavy (non-hydrogen) atoms. The van der Waals surface area contributed by atoms with Crippen molar-refractivity contribution in [3.05, 3.63) is 76.1 Å². The van der Waals surface area contributed by atoms with Crippen LogP contribution in [0.4, 0.5) is 13.2 Å². The minimum absolute atomic E-state index is 0.0100. The second-order valence-electron chi connectivity index (χ2n) is 5.62. The minimum Gasteiger partial charge on any atom is -0.289 e. The topological polar surface area (TPSA) is 47.0 Å². The molecular formula is C18H12F3NO2. The number of pyridine rings is 1. The number of ketones is 2. The van der Waals surface area contributed by atoms with Crippen LogP contribution in [0.15, 0.2) is 48.2 Å². The summed E-state index contributed by atoms with van der Waals surface area (Å²) < 4.78 is 37.6. The lowest BCUT2D eigenvalue weighted by molar-refractivity contribution is -0.137. The third-order valence-corrected chi connectivity index (χ3v) is 3.81. The summed E-state index contributed by atoms with van der Waals surface area (Å²) in [5, 5.41) is 0. The van der Waals surface area contributed by atoms with Crippen molar-refractivity contribution in [2.24, 2.45) is 0 Å². The van der Waals surface area contributed by atoms with Crippen molar-refractivity contribution in [2.75, 3.05) is 0 Å². The van der Waals surface area contributed by atoms with Gasteiger partial charge in [0.25, 0.3) is 0 Å². The van der Waals surface area contributed by atoms with E-state index in [0.717, 1.165) is 17.8 Å². The van der Waals surface area contributed by atoms with Crippen LogP contribution >= 0.6 is 0 Å². The second kappa shape index (κ2) is 5.70. The molecule has 122 valence electrons. The molecule has 0 fully saturated rings. The first-order valence-corrected chi connectivity index (χ1v) is 7.18. The van der Waals surface area contributed by atoms with Gasteiger partial charge in [0.1, 0.15) is 0 Å². The largest absolute Gasteiger partial charge is 0.417 e. The van der Waals surface area contributed by atoms with Crippen LogP contribution in [-0.4, -0.2) is 16.6 Å². The lowest BCUT2D eigenvalue weighted by Crippen LogP contribution is -2.19. The third-order valence-electron chi connectivity index (χ3n) is 3.81. The Kier molecular flexibility index (Phi) is 3.83. The van der Waals surface area contributed by atoms with Gasteiger partial charge in [-0.3, -0.25) is 14.6 Å². The lowest BCUT2D eigenvalue weighted by atomic mass is 9.86. The van der Waals surface area contributed by atoms with Crippen LogP contribution in [0.2, 0.25) is 0 Å². The maximum Gasteiger partial charge on any atom is 0.417 e. The Labute approximate surface area is 135 Å². The molecule has 6 heteroatoms. The van der Waals surface area contributed by atoms with Crippen LogP contribution in [0.3, 0.4) is 0 Å². The first kappa shape index (κ1) is 16.1. The maximum absolute atomic E-state index is 12.5. The molecule has 0 spiro atoms. The average Bonchev–Trinajstić information content (AvgIpc) is 2.52. The highest BCUT2D eigenvalue weighted by Gasteiger charge is 2.31. The molecule has 1 heterocycles. The maximum atomic E-state index is 12.5. The third kappa shape index (κ3) is 2.99. The van der Waals surface area contributed by atoms with Crippen LogP contribution in [0.5, 0.6) is 0 Å². The van der Waals surface area contributed by atoms with Gasteiger partial charge in [0.15, 0.2) is 11.6 Å². The SMILES string of the molecule is Cc1ccc2c(c1)C(=O)C(Cc1ccc(C(F)(F)F)cn1)=CC2=O. The van der Waals surface area contributed by atoms with E-state index in [1.54, 1.807) is 18.2 Å². The normalized spacial score (nSPS) is 14.4. The molecule has 0 aliphatic heterocycles. The zero-order valence-electron chi connectivity index (χ0n) is 12.6. The molecule has 0 amide bonds. The quantitative estimate of drug-likeness (QED) is 0.837. The van der Waals surface area contributed by atoms with Crippen molar-refractivity contribution >= 4 is 11.6 Å². The number of halogens is 3. The molecule has 3 rings (SSSR count). The standard InChI is InChI=1S/C18H12F3NO2/c1-10-2-5-14-15(6-10)17(24)11(8-16(14)23)7-13-4-3-12(9-22-13)18(19,20)21/h2-6,8-9H,7H2,1H3. The zero-order valence-corrected chi connectivity index (χ0v) is 12.6. The van der Waals surface area contributed by atoms with E-state index in [4.69, 9.17) is 0 Å². The number of alkyl halides is 3. The van der Waals surface area contributed by atoms with Gasteiger partial charge in [-0.25, -0.2) is 0 Å². The molecule has 1 aliphatic carbocycles. The minimum atomic E-state index is -4.46. The van der Waals surface area contributed by atoms with E-state index in [-0.39, 0.29) is 23.6 Å². The Morgan fingerprint density at radius 1 is 1.04 bits per heavy atom. The first-order chi connectivity index (χ1) is 11.3. The molecule has 0 radical (unpaired) electrons. The van der Waals surface area contributed by atoms with Gasteiger partial charge in [0, 0.05) is 35.0 Å². The van der Waals surface area contributed by atoms with Gasteiger partial charge in [-0.1, -0.05) is 17.7 Å². The monoisotopic (exact) mass is 331 g/mol. The fourth-order valence-electron chi connectivity index (χ4n) is 2.56. The van der Waals surface area contributed by atoms with E-state index in [9.17, 15) is 22.8 Å². The van der Waals surface area contributed by atoms with Gasteiger partial charge in [-0.05, 0) is 31.2 Å². The van der Waals surface area contributed by atoms with Crippen LogP contribution in [0.1, 0.15) is 37.5 Å². The molecule has 0 bridgehead atoms. The van der Waals surface area contributed by atoms with E-state index in [2.05, 4.69) is 4.98 Å². The number of aryl methyl sites for hydroxylation is 1. The van der Waals surface area contributed by atoms with Crippen molar-refractivity contribution in [1.82, 2.24) is 4.98 Å². The summed E-state index contributed by atoms with van der Waals surface area (Å²) in [5.74, 6) is -0.582. The van der Waals surface area contributed by atoms with Crippen LogP contribution in [-0.2, 0) is 12.6 Å². The second-order valence-corrected chi connectivity index (χ2v) is 5.62. The van der Waals surface area contributed by atoms with Gasteiger partial charge in [0.2, 0.25) is 0 Å². The van der Waals surface area contributed by atoms with Gasteiger partial charge in [-0.15, -0.1) is 0 Å². The Morgan fingerprint density at radius 3 is 2.42 bits per heavy atom. The molecule has 0 atom stereocenters. The number of benzene rings is 1. The smallest absolute Gasteiger partial charge is 0.289 e. The highest BCUT2D eigenvalue weighted by atomic mass is 19.4. The number of nitrogens with zero attached hydrogens (tertiary/aromatic N) is 1. The number of aromatic nitrogens is 1. The molecule has 3 nitrogen and oxygen atoms in total. The Bertz CT molecular complexity index is 865. The Balaban J connectivity index is 1.88. The summed E-state index contributed by atoms with van der Waals surface area (Å²) in [4.78, 5) is 28.4. The molecule has 2 aromatic rings. The number of allylic oxidation sites excluding steroid dienone is 2. The van der Waals surface area contributed by atoms with E-state index >= 15 is 0 Å². The molecular weight excluding hydrogens is 319 g/mol. The molecule has 0 saturated heterocycles. The summed E-state index contributed by atoms with van der Waals surface area (Å²) in [5.41, 5.74) is 1.19. The molecule has 1 aromatic carbocycles. The predicted octanol–water partition coefficient (Wildman–Crippen LogP) is 3.96.